The van der Waals surface area contributed by atoms with Gasteiger partial charge < -0.3 is 155 Å². The van der Waals surface area contributed by atoms with E-state index in [1.807, 2.05) is 0 Å². The van der Waals surface area contributed by atoms with Crippen LogP contribution in [0.4, 0.5) is 9.59 Å². The van der Waals surface area contributed by atoms with Crippen molar-refractivity contribution in [3.05, 3.63) is 0 Å². The first kappa shape index (κ1) is 102. The molecule has 10 aliphatic heterocycles. The molecule has 22 atom stereocenters. The SMILES string of the molecule is CC(=O)OCC1OC2NC(=O)C3CNCCOCCOCCN(CCOCCO3)C(=O)NCC3OC(C(OC(C)=O)C(OC(C)=O)C3OC(C)=O)C3C(COC(C)=O)OC(NC(=O)N4CCOCCOCCNCC(OCCOCC4)C(=O)NCC4OC(C(OC(C)=O)C(OC(C)=O)C4OC(C)=O)C1C(OC(C)=O)C2OC(C)=O)C(OC(C)=O)C3OC(C)=O. The van der Waals surface area contributed by atoms with Gasteiger partial charge in [0.25, 0.3) is 11.8 Å². The van der Waals surface area contributed by atoms with E-state index in [4.69, 9.17) is 114 Å². The van der Waals surface area contributed by atoms with E-state index in [2.05, 4.69) is 31.9 Å². The van der Waals surface area contributed by atoms with E-state index in [1.165, 1.54) is 9.80 Å². The van der Waals surface area contributed by atoms with Gasteiger partial charge >= 0.3 is 83.7 Å². The molecule has 124 heavy (non-hydrogen) atoms. The zero-order valence-corrected chi connectivity index (χ0v) is 71.3. The molecule has 0 spiro atoms. The van der Waals surface area contributed by atoms with Gasteiger partial charge in [0.1, 0.15) is 62.0 Å². The number of urea groups is 2. The van der Waals surface area contributed by atoms with Crippen LogP contribution in [0.5, 0.6) is 0 Å². The van der Waals surface area contributed by atoms with Gasteiger partial charge in [-0.15, -0.1) is 0 Å². The number of esters is 12. The summed E-state index contributed by atoms with van der Waals surface area (Å²) in [5.74, 6) is -17.5. The molecular weight excluding hydrogens is 1660 g/mol. The van der Waals surface area contributed by atoms with E-state index < -0.39 is 256 Å². The monoisotopic (exact) mass is 1780 g/mol. The Bertz CT molecular complexity index is 3360. The first-order chi connectivity index (χ1) is 59.1. The van der Waals surface area contributed by atoms with Crippen molar-refractivity contribution in [2.45, 2.75) is 205 Å². The molecule has 0 radical (unpaired) electrons. The Hall–Kier alpha value is -9.44. The minimum Gasteiger partial charge on any atom is -0.463 e. The maximum atomic E-state index is 15.0. The standard InChI is InChI=1S/C76H116N8O40/c1-39(85)109-37-55-57-61-67(117-47(9)93)65(115-45(7)91)59(111-41(3)87)51(121-61)35-79-71(97)53-33-77-13-19-101-26-28-104-23-17-84(18-24-106-29-31-107-53)76(100)82-74-70(120-50(12)96)64(114-44(6)90)58(56(124-74)38-110-40(2)86)62-68(118-48(10)94)66(116-46(8)92)60(112-42(4)88)52(122-62)36-80-75(99)83-15-21-103-27-25-102-20-14-78-34-54(108-32-30-105-22-16-83)72(98)81-73(123-55)69(119-49(11)95)63(57)113-43(5)89/h51-70,73-74,77-78H,13-38H2,1-12H3,(H,79,97)(H,80,99)(H,81,98)(H,82,100). The van der Waals surface area contributed by atoms with Gasteiger partial charge in [-0.1, -0.05) is 0 Å². The second-order valence-corrected chi connectivity index (χ2v) is 29.1. The molecular formula is C76H116N8O40. The molecule has 6 N–H and O–H groups in total. The summed E-state index contributed by atoms with van der Waals surface area (Å²) in [5.41, 5.74) is 0. The largest absolute Gasteiger partial charge is 0.463 e. The summed E-state index contributed by atoms with van der Waals surface area (Å²) in [7, 11) is 0. The lowest BCUT2D eigenvalue weighted by Gasteiger charge is -2.52. The minimum atomic E-state index is -1.93. The molecule has 0 aromatic heterocycles. The number of rotatable bonds is 14. The second kappa shape index (κ2) is 51.9. The highest BCUT2D eigenvalue weighted by atomic mass is 16.7. The molecule has 22 unspecified atom stereocenters. The first-order valence-electron chi connectivity index (χ1n) is 40.5. The Morgan fingerprint density at radius 1 is 0.306 bits per heavy atom. The number of nitrogens with one attached hydrogen (secondary N) is 6. The molecule has 0 aliphatic carbocycles. The summed E-state index contributed by atoms with van der Waals surface area (Å²) in [4.78, 5) is 222. The molecule has 48 nitrogen and oxygen atoms in total. The Labute approximate surface area is 713 Å². The average molecular weight is 1780 g/mol. The lowest BCUT2D eigenvalue weighted by molar-refractivity contribution is -0.296. The summed E-state index contributed by atoms with van der Waals surface area (Å²) in [6, 6.07) is -1.83. The van der Waals surface area contributed by atoms with Gasteiger partial charge in [0.15, 0.2) is 73.5 Å². The van der Waals surface area contributed by atoms with Gasteiger partial charge in [-0.3, -0.25) is 67.1 Å². The Morgan fingerprint density at radius 3 is 0.984 bits per heavy atom. The number of nitrogens with zero attached hydrogens (tertiary/aromatic N) is 2. The third-order valence-electron chi connectivity index (χ3n) is 19.5. The molecule has 10 rings (SSSR count). The number of hydrogen-bond acceptors (Lipinski definition) is 42. The molecule has 48 heteroatoms. The van der Waals surface area contributed by atoms with Crippen molar-refractivity contribution in [1.82, 2.24) is 41.7 Å². The van der Waals surface area contributed by atoms with E-state index in [9.17, 15) is 76.7 Å². The van der Waals surface area contributed by atoms with Crippen molar-refractivity contribution in [3.8, 4) is 0 Å². The van der Waals surface area contributed by atoms with Crippen LogP contribution in [0.3, 0.4) is 0 Å². The van der Waals surface area contributed by atoms with Crippen LogP contribution >= 0.6 is 0 Å². The second-order valence-electron chi connectivity index (χ2n) is 29.1. The van der Waals surface area contributed by atoms with Crippen molar-refractivity contribution < 1.29 is 190 Å². The molecule has 10 fully saturated rings. The molecule has 0 aromatic rings. The molecule has 12 bridgehead atoms. The predicted octanol–water partition coefficient (Wildman–Crippen LogP) is -5.01. The van der Waals surface area contributed by atoms with Crippen LogP contribution in [-0.4, -0.2) is 399 Å². The number of carbonyl (C=O) groups excluding carboxylic acids is 16. The van der Waals surface area contributed by atoms with Crippen LogP contribution in [0.25, 0.3) is 0 Å². The maximum Gasteiger partial charge on any atom is 0.319 e. The zero-order chi connectivity index (χ0) is 90.7. The molecule has 10 aliphatic rings. The third-order valence-corrected chi connectivity index (χ3v) is 19.5. The van der Waals surface area contributed by atoms with Crippen LogP contribution in [0.15, 0.2) is 0 Å². The highest BCUT2D eigenvalue weighted by Gasteiger charge is 2.64. The molecule has 6 amide bonds. The third kappa shape index (κ3) is 32.8. The lowest BCUT2D eigenvalue weighted by Crippen LogP contribution is -2.71. The summed E-state index contributed by atoms with van der Waals surface area (Å²) >= 11 is 0. The number of amides is 6. The summed E-state index contributed by atoms with van der Waals surface area (Å²) < 4.78 is 145. The number of carbonyl (C=O) groups is 16. The topological polar surface area (TPSA) is 573 Å². The van der Waals surface area contributed by atoms with Crippen LogP contribution < -0.4 is 31.9 Å². The smallest absolute Gasteiger partial charge is 0.319 e. The van der Waals surface area contributed by atoms with Gasteiger partial charge in [0.05, 0.1) is 104 Å². The molecule has 0 saturated carbocycles. The Balaban J connectivity index is 1.36. The highest BCUT2D eigenvalue weighted by molar-refractivity contribution is 5.82. The molecule has 0 aromatic carbocycles. The fourth-order valence-corrected chi connectivity index (χ4v) is 14.7. The zero-order valence-electron chi connectivity index (χ0n) is 71.3. The first-order valence-corrected chi connectivity index (χ1v) is 40.5. The summed E-state index contributed by atoms with van der Waals surface area (Å²) in [6.07, 6.45) is -36.1. The van der Waals surface area contributed by atoms with Crippen LogP contribution in [0.2, 0.25) is 0 Å². The van der Waals surface area contributed by atoms with E-state index in [1.54, 1.807) is 0 Å². The van der Waals surface area contributed by atoms with Gasteiger partial charge in [-0.25, -0.2) is 9.59 Å². The predicted molar refractivity (Wildman–Crippen MR) is 407 cm³/mol. The summed E-state index contributed by atoms with van der Waals surface area (Å²) in [5, 5.41) is 16.9. The Morgan fingerprint density at radius 2 is 0.613 bits per heavy atom. The van der Waals surface area contributed by atoms with E-state index in [0.29, 0.717) is 0 Å². The van der Waals surface area contributed by atoms with Crippen LogP contribution in [0, 0.1) is 11.8 Å². The lowest BCUT2D eigenvalue weighted by atomic mass is 9.78. The van der Waals surface area contributed by atoms with Crippen molar-refractivity contribution in [2.75, 3.05) is 171 Å². The van der Waals surface area contributed by atoms with Crippen LogP contribution in [0.1, 0.15) is 83.1 Å². The minimum absolute atomic E-state index is 0.00174. The average Bonchev–Trinajstić information content (AvgIpc) is 0.748. The molecule has 10 saturated heterocycles. The van der Waals surface area contributed by atoms with Gasteiger partial charge in [0, 0.05) is 149 Å². The summed E-state index contributed by atoms with van der Waals surface area (Å²) in [6.45, 7) is 5.73. The van der Waals surface area contributed by atoms with Crippen molar-refractivity contribution >= 4 is 95.5 Å². The van der Waals surface area contributed by atoms with Crippen molar-refractivity contribution in [3.63, 3.8) is 0 Å². The number of ether oxygens (including phenoxy) is 24. The van der Waals surface area contributed by atoms with E-state index >= 15 is 0 Å². The fraction of sp³-hybridized carbons (Fsp3) is 0.789. The molecule has 10 heterocycles. The molecule has 700 valence electrons. The maximum absolute atomic E-state index is 15.0. The fourth-order valence-electron chi connectivity index (χ4n) is 14.7. The normalized spacial score (nSPS) is 32.0. The Kier molecular flexibility index (Phi) is 42.5. The highest BCUT2D eigenvalue weighted by Crippen LogP contribution is 2.43. The number of hydrogen-bond donors (Lipinski definition) is 6. The van der Waals surface area contributed by atoms with E-state index in [0.717, 1.165) is 83.1 Å². The quantitative estimate of drug-likeness (QED) is 0.0700. The van der Waals surface area contributed by atoms with Gasteiger partial charge in [0.2, 0.25) is 0 Å². The van der Waals surface area contributed by atoms with Gasteiger partial charge in [-0.05, 0) is 0 Å². The van der Waals surface area contributed by atoms with E-state index in [-0.39, 0.29) is 145 Å². The van der Waals surface area contributed by atoms with Crippen molar-refractivity contribution in [1.29, 1.82) is 0 Å². The van der Waals surface area contributed by atoms with Crippen molar-refractivity contribution in [2.24, 2.45) is 11.8 Å². The van der Waals surface area contributed by atoms with Gasteiger partial charge in [-0.2, -0.15) is 0 Å². The van der Waals surface area contributed by atoms with Crippen LogP contribution in [-0.2, 0) is 181 Å².